The molecule has 1 fully saturated rings. The fourth-order valence-corrected chi connectivity index (χ4v) is 2.41. The van der Waals surface area contributed by atoms with Gasteiger partial charge in [-0.15, -0.1) is 0 Å². The summed E-state index contributed by atoms with van der Waals surface area (Å²) >= 11 is 0. The minimum absolute atomic E-state index is 0.476. The van der Waals surface area contributed by atoms with Crippen LogP contribution in [0, 0.1) is 13.8 Å². The smallest absolute Gasteiger partial charge is 0.132 e. The summed E-state index contributed by atoms with van der Waals surface area (Å²) in [5.41, 5.74) is 3.47. The van der Waals surface area contributed by atoms with Crippen LogP contribution in [0.25, 0.3) is 0 Å². The van der Waals surface area contributed by atoms with Crippen molar-refractivity contribution in [1.82, 2.24) is 15.3 Å². The summed E-state index contributed by atoms with van der Waals surface area (Å²) in [4.78, 5) is 9.41. The minimum Gasteiger partial charge on any atom is -0.381 e. The van der Waals surface area contributed by atoms with Crippen molar-refractivity contribution in [1.29, 1.82) is 0 Å². The largest absolute Gasteiger partial charge is 0.381 e. The normalized spacial score (nSPS) is 17.1. The third-order valence-electron chi connectivity index (χ3n) is 3.58. The molecule has 2 heterocycles. The van der Waals surface area contributed by atoms with Gasteiger partial charge in [-0.25, -0.2) is 9.97 Å². The summed E-state index contributed by atoms with van der Waals surface area (Å²) in [6, 6.07) is 0. The Morgan fingerprint density at radius 3 is 2.33 bits per heavy atom. The van der Waals surface area contributed by atoms with Crippen LogP contribution in [0.4, 0.5) is 0 Å². The molecule has 2 rings (SSSR count). The van der Waals surface area contributed by atoms with Gasteiger partial charge < -0.3 is 10.1 Å². The van der Waals surface area contributed by atoms with Crippen LogP contribution in [0.15, 0.2) is 0 Å². The van der Waals surface area contributed by atoms with Crippen LogP contribution in [-0.4, -0.2) is 29.7 Å². The molecule has 0 atom stereocenters. The van der Waals surface area contributed by atoms with Crippen molar-refractivity contribution < 1.29 is 4.74 Å². The molecule has 0 amide bonds. The number of nitrogens with zero attached hydrogens (tertiary/aromatic N) is 2. The van der Waals surface area contributed by atoms with Gasteiger partial charge in [-0.3, -0.25) is 0 Å². The average molecular weight is 249 g/mol. The van der Waals surface area contributed by atoms with Crippen LogP contribution in [0.3, 0.4) is 0 Å². The summed E-state index contributed by atoms with van der Waals surface area (Å²) in [5.74, 6) is 1.48. The van der Waals surface area contributed by atoms with Gasteiger partial charge in [-0.05, 0) is 33.2 Å². The predicted octanol–water partition coefficient (Wildman–Crippen LogP) is 2.10. The molecule has 0 radical (unpaired) electrons. The summed E-state index contributed by atoms with van der Waals surface area (Å²) in [5, 5.41) is 3.35. The van der Waals surface area contributed by atoms with Gasteiger partial charge in [0.1, 0.15) is 5.82 Å². The minimum atomic E-state index is 0.476. The highest BCUT2D eigenvalue weighted by atomic mass is 16.5. The second-order valence-electron chi connectivity index (χ2n) is 4.90. The number of nitrogens with one attached hydrogen (secondary N) is 1. The first kappa shape index (κ1) is 13.4. The van der Waals surface area contributed by atoms with Crippen molar-refractivity contribution in [2.24, 2.45) is 0 Å². The summed E-state index contributed by atoms with van der Waals surface area (Å²) in [7, 11) is 0. The maximum absolute atomic E-state index is 5.39. The van der Waals surface area contributed by atoms with E-state index in [2.05, 4.69) is 26.1 Å². The van der Waals surface area contributed by atoms with Crippen molar-refractivity contribution in [2.75, 3.05) is 19.8 Å². The Hall–Kier alpha value is -1.00. The van der Waals surface area contributed by atoms with E-state index in [1.165, 1.54) is 5.56 Å². The van der Waals surface area contributed by atoms with E-state index in [1.807, 2.05) is 0 Å². The monoisotopic (exact) mass is 249 g/mol. The van der Waals surface area contributed by atoms with E-state index in [0.29, 0.717) is 5.92 Å². The lowest BCUT2D eigenvalue weighted by Gasteiger charge is -2.22. The van der Waals surface area contributed by atoms with Gasteiger partial charge in [-0.1, -0.05) is 6.92 Å². The standard InChI is InChI=1S/C14H23N3O/c1-4-15-9-13-10(2)16-14(17-11(13)3)12-5-7-18-8-6-12/h12,15H,4-9H2,1-3H3. The fourth-order valence-electron chi connectivity index (χ4n) is 2.41. The van der Waals surface area contributed by atoms with Crippen molar-refractivity contribution in [3.63, 3.8) is 0 Å². The van der Waals surface area contributed by atoms with Crippen molar-refractivity contribution >= 4 is 0 Å². The molecule has 18 heavy (non-hydrogen) atoms. The lowest BCUT2D eigenvalue weighted by atomic mass is 9.98. The summed E-state index contributed by atoms with van der Waals surface area (Å²) in [6.45, 7) is 9.80. The fraction of sp³-hybridized carbons (Fsp3) is 0.714. The molecule has 4 nitrogen and oxygen atoms in total. The zero-order valence-corrected chi connectivity index (χ0v) is 11.6. The third-order valence-corrected chi connectivity index (χ3v) is 3.58. The van der Waals surface area contributed by atoms with Crippen LogP contribution in [0.1, 0.15) is 48.5 Å². The van der Waals surface area contributed by atoms with Crippen molar-refractivity contribution in [3.05, 3.63) is 22.8 Å². The Balaban J connectivity index is 2.18. The van der Waals surface area contributed by atoms with Crippen molar-refractivity contribution in [2.45, 2.75) is 46.1 Å². The zero-order valence-electron chi connectivity index (χ0n) is 11.6. The molecule has 1 N–H and O–H groups in total. The van der Waals surface area contributed by atoms with Gasteiger partial charge in [0.05, 0.1) is 0 Å². The second kappa shape index (κ2) is 6.25. The van der Waals surface area contributed by atoms with Crippen LogP contribution < -0.4 is 5.32 Å². The second-order valence-corrected chi connectivity index (χ2v) is 4.90. The Morgan fingerprint density at radius 1 is 1.17 bits per heavy atom. The van der Waals surface area contributed by atoms with E-state index >= 15 is 0 Å². The number of hydrogen-bond donors (Lipinski definition) is 1. The molecular formula is C14H23N3O. The Kier molecular flexibility index (Phi) is 4.66. The van der Waals surface area contributed by atoms with E-state index in [-0.39, 0.29) is 0 Å². The van der Waals surface area contributed by atoms with E-state index in [1.54, 1.807) is 0 Å². The highest BCUT2D eigenvalue weighted by Gasteiger charge is 2.20. The number of ether oxygens (including phenoxy) is 1. The molecule has 1 aliphatic rings. The molecule has 0 unspecified atom stereocenters. The lowest BCUT2D eigenvalue weighted by Crippen LogP contribution is -2.20. The van der Waals surface area contributed by atoms with Crippen LogP contribution in [0.2, 0.25) is 0 Å². The van der Waals surface area contributed by atoms with Gasteiger partial charge in [-0.2, -0.15) is 0 Å². The van der Waals surface area contributed by atoms with Gasteiger partial charge >= 0.3 is 0 Å². The van der Waals surface area contributed by atoms with Crippen LogP contribution in [0.5, 0.6) is 0 Å². The quantitative estimate of drug-likeness (QED) is 0.887. The third kappa shape index (κ3) is 3.06. The first-order valence-electron chi connectivity index (χ1n) is 6.84. The number of rotatable bonds is 4. The van der Waals surface area contributed by atoms with E-state index in [4.69, 9.17) is 14.7 Å². The molecule has 0 aromatic carbocycles. The van der Waals surface area contributed by atoms with Gasteiger partial charge in [0.15, 0.2) is 0 Å². The molecule has 0 spiro atoms. The Labute approximate surface area is 109 Å². The molecule has 0 aliphatic carbocycles. The van der Waals surface area contributed by atoms with Gasteiger partial charge in [0.2, 0.25) is 0 Å². The van der Waals surface area contributed by atoms with Crippen LogP contribution in [-0.2, 0) is 11.3 Å². The molecule has 0 bridgehead atoms. The zero-order chi connectivity index (χ0) is 13.0. The SMILES string of the molecule is CCNCc1c(C)nc(C2CCOCC2)nc1C. The number of aromatic nitrogens is 2. The predicted molar refractivity (Wildman–Crippen MR) is 71.7 cm³/mol. The van der Waals surface area contributed by atoms with Crippen LogP contribution >= 0.6 is 0 Å². The maximum Gasteiger partial charge on any atom is 0.132 e. The average Bonchev–Trinajstić information content (AvgIpc) is 2.39. The summed E-state index contributed by atoms with van der Waals surface area (Å²) < 4.78 is 5.39. The van der Waals surface area contributed by atoms with Gasteiger partial charge in [0, 0.05) is 42.6 Å². The topological polar surface area (TPSA) is 47.0 Å². The van der Waals surface area contributed by atoms with E-state index < -0.39 is 0 Å². The summed E-state index contributed by atoms with van der Waals surface area (Å²) in [6.07, 6.45) is 2.09. The maximum atomic E-state index is 5.39. The lowest BCUT2D eigenvalue weighted by molar-refractivity contribution is 0.0835. The Bertz CT molecular complexity index is 377. The molecule has 1 aromatic heterocycles. The highest BCUT2D eigenvalue weighted by Crippen LogP contribution is 2.25. The molecule has 1 aliphatic heterocycles. The molecule has 0 saturated carbocycles. The van der Waals surface area contributed by atoms with Crippen molar-refractivity contribution in [3.8, 4) is 0 Å². The first-order chi connectivity index (χ1) is 8.72. The Morgan fingerprint density at radius 2 is 1.78 bits per heavy atom. The van der Waals surface area contributed by atoms with E-state index in [9.17, 15) is 0 Å². The van der Waals surface area contributed by atoms with Gasteiger partial charge in [0.25, 0.3) is 0 Å². The molecule has 4 heteroatoms. The number of aryl methyl sites for hydroxylation is 2. The molecule has 1 aromatic rings. The van der Waals surface area contributed by atoms with E-state index in [0.717, 1.165) is 56.4 Å². The first-order valence-corrected chi connectivity index (χ1v) is 6.84. The molecular weight excluding hydrogens is 226 g/mol. The number of hydrogen-bond acceptors (Lipinski definition) is 4. The highest BCUT2D eigenvalue weighted by molar-refractivity contribution is 5.25. The molecule has 1 saturated heterocycles. The molecule has 100 valence electrons.